The molecule has 0 saturated heterocycles. The Labute approximate surface area is 239 Å². The molecule has 2 aromatic heterocycles. The van der Waals surface area contributed by atoms with E-state index in [-0.39, 0.29) is 0 Å². The normalized spacial score (nSPS) is 11.5. The number of nitriles is 1. The number of thiophene rings is 2. The van der Waals surface area contributed by atoms with Crippen LogP contribution in [0.2, 0.25) is 0 Å². The molecule has 0 atom stereocenters. The van der Waals surface area contributed by atoms with Crippen molar-refractivity contribution in [3.8, 4) is 39.4 Å². The summed E-state index contributed by atoms with van der Waals surface area (Å²) in [5.74, 6) is 0. The third-order valence-corrected chi connectivity index (χ3v) is 10.0. The predicted octanol–water partition coefficient (Wildman–Crippen LogP) is 11.3. The average Bonchev–Trinajstić information content (AvgIpc) is 3.58. The second kappa shape index (κ2) is 9.17. The van der Waals surface area contributed by atoms with Gasteiger partial charge in [-0.2, -0.15) is 5.26 Å². The smallest absolute Gasteiger partial charge is 0.100 e. The van der Waals surface area contributed by atoms with Crippen molar-refractivity contribution in [2.24, 2.45) is 0 Å². The predicted molar refractivity (Wildman–Crippen MR) is 173 cm³/mol. The van der Waals surface area contributed by atoms with Crippen LogP contribution in [-0.2, 0) is 0 Å². The van der Waals surface area contributed by atoms with Crippen LogP contribution in [-0.4, -0.2) is 0 Å². The van der Waals surface area contributed by atoms with Crippen LogP contribution in [0, 0.1) is 11.3 Å². The Morgan fingerprint density at radius 1 is 0.400 bits per heavy atom. The summed E-state index contributed by atoms with van der Waals surface area (Å²) in [6, 6.07) is 47.8. The minimum atomic E-state index is 0.705. The van der Waals surface area contributed by atoms with E-state index in [0.717, 1.165) is 33.4 Å². The number of fused-ring (bicyclic) bond motifs is 6. The van der Waals surface area contributed by atoms with Gasteiger partial charge in [-0.1, -0.05) is 78.9 Å². The Morgan fingerprint density at radius 2 is 0.900 bits per heavy atom. The summed E-state index contributed by atoms with van der Waals surface area (Å²) in [7, 11) is 0. The molecule has 0 unspecified atom stereocenters. The highest BCUT2D eigenvalue weighted by molar-refractivity contribution is 7.26. The van der Waals surface area contributed by atoms with Gasteiger partial charge in [-0.3, -0.25) is 0 Å². The van der Waals surface area contributed by atoms with Crippen LogP contribution in [0.4, 0.5) is 0 Å². The van der Waals surface area contributed by atoms with E-state index >= 15 is 0 Å². The van der Waals surface area contributed by atoms with E-state index in [9.17, 15) is 5.26 Å². The second-order valence-electron chi connectivity index (χ2n) is 10.0. The molecule has 0 aliphatic rings. The van der Waals surface area contributed by atoms with Crippen LogP contribution < -0.4 is 0 Å². The molecule has 186 valence electrons. The monoisotopic (exact) mass is 543 g/mol. The first kappa shape index (κ1) is 23.2. The van der Waals surface area contributed by atoms with Crippen LogP contribution in [0.15, 0.2) is 127 Å². The summed E-state index contributed by atoms with van der Waals surface area (Å²) in [5, 5.41) is 15.6. The van der Waals surface area contributed by atoms with Gasteiger partial charge in [0.1, 0.15) is 6.07 Å². The number of hydrogen-bond donors (Lipinski definition) is 0. The minimum absolute atomic E-state index is 0.705. The minimum Gasteiger partial charge on any atom is -0.192 e. The highest BCUT2D eigenvalue weighted by Gasteiger charge is 2.17. The molecule has 0 N–H and O–H groups in total. The van der Waals surface area contributed by atoms with Crippen molar-refractivity contribution < 1.29 is 0 Å². The molecule has 1 nitrogen and oxygen atoms in total. The summed E-state index contributed by atoms with van der Waals surface area (Å²) in [4.78, 5) is 0. The number of hydrogen-bond acceptors (Lipinski definition) is 3. The quantitative estimate of drug-likeness (QED) is 0.217. The molecular weight excluding hydrogens is 523 g/mol. The van der Waals surface area contributed by atoms with E-state index in [2.05, 4.69) is 115 Å². The highest BCUT2D eigenvalue weighted by Crippen LogP contribution is 2.42. The van der Waals surface area contributed by atoms with Crippen LogP contribution in [0.1, 0.15) is 5.56 Å². The molecule has 0 amide bonds. The Bertz CT molecular complexity index is 2280. The second-order valence-corrected chi connectivity index (χ2v) is 12.2. The third kappa shape index (κ3) is 3.66. The maximum atomic E-state index is 10.5. The van der Waals surface area contributed by atoms with Gasteiger partial charge in [0.2, 0.25) is 0 Å². The molecule has 0 aliphatic heterocycles. The van der Waals surface area contributed by atoms with Crippen molar-refractivity contribution >= 4 is 63.0 Å². The maximum absolute atomic E-state index is 10.5. The van der Waals surface area contributed by atoms with Crippen molar-refractivity contribution in [1.29, 1.82) is 5.26 Å². The molecule has 2 heterocycles. The molecule has 0 aliphatic carbocycles. The van der Waals surface area contributed by atoms with Gasteiger partial charge in [0.05, 0.1) is 5.56 Å². The SMILES string of the molecule is N#Cc1c(-c2ccccc2)cc(-c2ccc3sc4ccccc4c3c2)cc1-c1ccc2sc3ccccc3c2c1. The van der Waals surface area contributed by atoms with Gasteiger partial charge < -0.3 is 0 Å². The average molecular weight is 544 g/mol. The van der Waals surface area contributed by atoms with Gasteiger partial charge in [0, 0.05) is 51.5 Å². The summed E-state index contributed by atoms with van der Waals surface area (Å²) >= 11 is 3.65. The van der Waals surface area contributed by atoms with Crippen LogP contribution in [0.3, 0.4) is 0 Å². The molecule has 0 radical (unpaired) electrons. The Morgan fingerprint density at radius 3 is 1.52 bits per heavy atom. The zero-order chi connectivity index (χ0) is 26.6. The zero-order valence-electron chi connectivity index (χ0n) is 21.4. The van der Waals surface area contributed by atoms with Gasteiger partial charge in [-0.25, -0.2) is 0 Å². The molecule has 40 heavy (non-hydrogen) atoms. The third-order valence-electron chi connectivity index (χ3n) is 7.73. The van der Waals surface area contributed by atoms with Crippen molar-refractivity contribution in [3.63, 3.8) is 0 Å². The van der Waals surface area contributed by atoms with E-state index < -0.39 is 0 Å². The molecule has 0 fully saturated rings. The topological polar surface area (TPSA) is 23.8 Å². The first-order valence-electron chi connectivity index (χ1n) is 13.2. The van der Waals surface area contributed by atoms with E-state index in [1.807, 2.05) is 40.9 Å². The lowest BCUT2D eigenvalue weighted by Gasteiger charge is -2.15. The Kier molecular flexibility index (Phi) is 5.31. The van der Waals surface area contributed by atoms with Gasteiger partial charge in [0.15, 0.2) is 0 Å². The summed E-state index contributed by atoms with van der Waals surface area (Å²) in [5.41, 5.74) is 7.00. The summed E-state index contributed by atoms with van der Waals surface area (Å²) in [6.45, 7) is 0. The lowest BCUT2D eigenvalue weighted by atomic mass is 9.88. The van der Waals surface area contributed by atoms with Crippen molar-refractivity contribution in [2.45, 2.75) is 0 Å². The molecular formula is C37H21NS2. The molecule has 0 spiro atoms. The number of nitrogens with zero attached hydrogens (tertiary/aromatic N) is 1. The lowest BCUT2D eigenvalue weighted by molar-refractivity contribution is 1.47. The number of rotatable bonds is 3. The largest absolute Gasteiger partial charge is 0.192 e. The lowest BCUT2D eigenvalue weighted by Crippen LogP contribution is -1.93. The molecule has 0 bridgehead atoms. The Hall–Kier alpha value is -4.75. The fourth-order valence-electron chi connectivity index (χ4n) is 5.80. The Balaban J connectivity index is 1.40. The molecule has 3 heteroatoms. The van der Waals surface area contributed by atoms with Crippen LogP contribution in [0.25, 0.3) is 73.7 Å². The van der Waals surface area contributed by atoms with E-state index in [4.69, 9.17) is 0 Å². The van der Waals surface area contributed by atoms with Crippen molar-refractivity contribution in [3.05, 3.63) is 133 Å². The highest BCUT2D eigenvalue weighted by atomic mass is 32.1. The first-order valence-corrected chi connectivity index (χ1v) is 14.9. The molecule has 8 rings (SSSR count). The maximum Gasteiger partial charge on any atom is 0.100 e. The van der Waals surface area contributed by atoms with Gasteiger partial charge in [0.25, 0.3) is 0 Å². The molecule has 6 aromatic carbocycles. The first-order chi connectivity index (χ1) is 19.8. The van der Waals surface area contributed by atoms with Crippen molar-refractivity contribution in [1.82, 2.24) is 0 Å². The van der Waals surface area contributed by atoms with E-state index in [1.165, 1.54) is 40.3 Å². The van der Waals surface area contributed by atoms with E-state index in [1.54, 1.807) is 0 Å². The van der Waals surface area contributed by atoms with Gasteiger partial charge >= 0.3 is 0 Å². The van der Waals surface area contributed by atoms with E-state index in [0.29, 0.717) is 5.56 Å². The standard InChI is InChI=1S/C37H21NS2/c38-22-33-29(23-8-2-1-3-9-23)20-26(24-14-16-36-31(18-24)27-10-4-6-12-34(27)39-36)21-30(33)25-15-17-37-32(19-25)28-11-5-7-13-35(28)40-37/h1-21H. The fraction of sp³-hybridized carbons (Fsp3) is 0. The summed E-state index contributed by atoms with van der Waals surface area (Å²) in [6.07, 6.45) is 0. The summed E-state index contributed by atoms with van der Waals surface area (Å²) < 4.78 is 5.14. The molecule has 8 aromatic rings. The van der Waals surface area contributed by atoms with Gasteiger partial charge in [-0.05, 0) is 70.8 Å². The fourth-order valence-corrected chi connectivity index (χ4v) is 7.97. The molecule has 0 saturated carbocycles. The van der Waals surface area contributed by atoms with Crippen molar-refractivity contribution in [2.75, 3.05) is 0 Å². The van der Waals surface area contributed by atoms with Crippen LogP contribution in [0.5, 0.6) is 0 Å². The van der Waals surface area contributed by atoms with Crippen LogP contribution >= 0.6 is 22.7 Å². The number of benzene rings is 6. The van der Waals surface area contributed by atoms with Gasteiger partial charge in [-0.15, -0.1) is 22.7 Å². The zero-order valence-corrected chi connectivity index (χ0v) is 23.0.